The summed E-state index contributed by atoms with van der Waals surface area (Å²) in [6.07, 6.45) is 2.03. The van der Waals surface area contributed by atoms with Gasteiger partial charge in [-0.25, -0.2) is 4.98 Å². The van der Waals surface area contributed by atoms with Crippen molar-refractivity contribution >= 4 is 44.7 Å². The third-order valence-corrected chi connectivity index (χ3v) is 7.19. The number of carbonyl (C=O) groups is 2. The minimum Gasteiger partial charge on any atom is -0.322 e. The fourth-order valence-corrected chi connectivity index (χ4v) is 5.61. The number of likely N-dealkylation sites (tertiary alicyclic amines) is 1. The molecule has 30 heavy (non-hydrogen) atoms. The fraction of sp³-hybridized carbons (Fsp3) is 0.348. The van der Waals surface area contributed by atoms with Gasteiger partial charge in [0.05, 0.1) is 34.2 Å². The largest absolute Gasteiger partial charge is 0.322 e. The molecule has 0 aliphatic carbocycles. The van der Waals surface area contributed by atoms with Crippen LogP contribution >= 0.6 is 11.3 Å². The second-order valence-corrected chi connectivity index (χ2v) is 9.47. The van der Waals surface area contributed by atoms with Gasteiger partial charge in [0, 0.05) is 0 Å². The van der Waals surface area contributed by atoms with E-state index in [2.05, 4.69) is 16.3 Å². The maximum atomic E-state index is 13.5. The Morgan fingerprint density at radius 2 is 1.97 bits per heavy atom. The Balaban J connectivity index is 1.43. The van der Waals surface area contributed by atoms with E-state index in [-0.39, 0.29) is 24.4 Å². The fourth-order valence-electron chi connectivity index (χ4n) is 4.47. The number of para-hydroxylation sites is 3. The van der Waals surface area contributed by atoms with Gasteiger partial charge < -0.3 is 5.32 Å². The first kappa shape index (κ1) is 19.2. The standard InChI is InChI=1S/C23H24N4O2S/c1-23(2)22(29)25-15-8-3-5-10-17(15)27(23)20(28)14-26-13-7-11-18(26)21-24-16-9-4-6-12-19(16)30-21/h3-6,8-10,12,18H,7,11,13-14H2,1-2H3,(H,25,29)/t18-/m1/s1. The molecule has 3 aromatic rings. The van der Waals surface area contributed by atoms with Crippen molar-refractivity contribution in [3.8, 4) is 0 Å². The van der Waals surface area contributed by atoms with Crippen LogP contribution in [0.15, 0.2) is 48.5 Å². The van der Waals surface area contributed by atoms with Gasteiger partial charge in [-0.2, -0.15) is 0 Å². The topological polar surface area (TPSA) is 65.5 Å². The Bertz CT molecular complexity index is 1110. The van der Waals surface area contributed by atoms with Crippen LogP contribution in [0, 0.1) is 0 Å². The van der Waals surface area contributed by atoms with Crippen LogP contribution < -0.4 is 10.2 Å². The highest BCUT2D eigenvalue weighted by atomic mass is 32.1. The molecule has 1 saturated heterocycles. The summed E-state index contributed by atoms with van der Waals surface area (Å²) in [5, 5.41) is 3.99. The molecule has 2 aliphatic rings. The number of rotatable bonds is 3. The van der Waals surface area contributed by atoms with E-state index in [9.17, 15) is 9.59 Å². The molecule has 0 spiro atoms. The molecule has 3 heterocycles. The lowest BCUT2D eigenvalue weighted by Gasteiger charge is -2.42. The predicted molar refractivity (Wildman–Crippen MR) is 120 cm³/mol. The molecule has 2 amide bonds. The molecule has 2 aliphatic heterocycles. The molecule has 5 rings (SSSR count). The third-order valence-electron chi connectivity index (χ3n) is 6.05. The van der Waals surface area contributed by atoms with E-state index in [1.54, 1.807) is 30.1 Å². The number of aromatic nitrogens is 1. The maximum absolute atomic E-state index is 13.5. The summed E-state index contributed by atoms with van der Waals surface area (Å²) in [5.41, 5.74) is 1.50. The number of nitrogens with zero attached hydrogens (tertiary/aromatic N) is 3. The van der Waals surface area contributed by atoms with Crippen molar-refractivity contribution in [3.63, 3.8) is 0 Å². The molecule has 1 aromatic heterocycles. The van der Waals surface area contributed by atoms with E-state index in [1.807, 2.05) is 42.5 Å². The summed E-state index contributed by atoms with van der Waals surface area (Å²) in [6, 6.07) is 15.8. The van der Waals surface area contributed by atoms with Crippen LogP contribution in [0.2, 0.25) is 0 Å². The van der Waals surface area contributed by atoms with Crippen LogP contribution in [0.4, 0.5) is 11.4 Å². The van der Waals surface area contributed by atoms with E-state index < -0.39 is 5.54 Å². The van der Waals surface area contributed by atoms with Crippen molar-refractivity contribution < 1.29 is 9.59 Å². The molecule has 154 valence electrons. The van der Waals surface area contributed by atoms with Gasteiger partial charge in [0.15, 0.2) is 0 Å². The molecule has 6 nitrogen and oxygen atoms in total. The number of nitrogens with one attached hydrogen (secondary N) is 1. The van der Waals surface area contributed by atoms with Gasteiger partial charge in [0.2, 0.25) is 11.8 Å². The lowest BCUT2D eigenvalue weighted by molar-refractivity contribution is -0.127. The van der Waals surface area contributed by atoms with Crippen LogP contribution in [0.1, 0.15) is 37.7 Å². The SMILES string of the molecule is CC1(C)C(=O)Nc2ccccc2N1C(=O)CN1CCC[C@@H]1c1nc2ccccc2s1. The molecular weight excluding hydrogens is 396 g/mol. The zero-order chi connectivity index (χ0) is 20.9. The van der Waals surface area contributed by atoms with Gasteiger partial charge in [-0.15, -0.1) is 11.3 Å². The summed E-state index contributed by atoms with van der Waals surface area (Å²) in [4.78, 5) is 34.9. The highest BCUT2D eigenvalue weighted by molar-refractivity contribution is 7.18. The van der Waals surface area contributed by atoms with Gasteiger partial charge in [-0.1, -0.05) is 24.3 Å². The zero-order valence-electron chi connectivity index (χ0n) is 17.1. The van der Waals surface area contributed by atoms with Crippen molar-refractivity contribution in [3.05, 3.63) is 53.5 Å². The average molecular weight is 421 g/mol. The zero-order valence-corrected chi connectivity index (χ0v) is 17.9. The van der Waals surface area contributed by atoms with E-state index in [0.717, 1.165) is 35.6 Å². The highest BCUT2D eigenvalue weighted by Gasteiger charge is 2.44. The molecule has 1 atom stereocenters. The molecule has 1 N–H and O–H groups in total. The quantitative estimate of drug-likeness (QED) is 0.690. The Hall–Kier alpha value is -2.77. The van der Waals surface area contributed by atoms with Gasteiger partial charge in [0.1, 0.15) is 10.5 Å². The van der Waals surface area contributed by atoms with Crippen molar-refractivity contribution in [1.82, 2.24) is 9.88 Å². The normalized spacial score (nSPS) is 20.9. The second kappa shape index (κ2) is 7.18. The summed E-state index contributed by atoms with van der Waals surface area (Å²) in [5.74, 6) is -0.228. The minimum atomic E-state index is -0.948. The summed E-state index contributed by atoms with van der Waals surface area (Å²) in [7, 11) is 0. The van der Waals surface area contributed by atoms with Crippen molar-refractivity contribution in [1.29, 1.82) is 0 Å². The van der Waals surface area contributed by atoms with Crippen molar-refractivity contribution in [2.75, 3.05) is 23.3 Å². The summed E-state index contributed by atoms with van der Waals surface area (Å²) < 4.78 is 1.17. The van der Waals surface area contributed by atoms with Crippen molar-refractivity contribution in [2.45, 2.75) is 38.3 Å². The van der Waals surface area contributed by atoms with Crippen LogP contribution in [0.25, 0.3) is 10.2 Å². The summed E-state index contributed by atoms with van der Waals surface area (Å²) in [6.45, 7) is 4.72. The Labute approximate surface area is 179 Å². The van der Waals surface area contributed by atoms with Gasteiger partial charge in [-0.3, -0.25) is 19.4 Å². The van der Waals surface area contributed by atoms with Crippen LogP contribution in [-0.4, -0.2) is 40.3 Å². The van der Waals surface area contributed by atoms with Crippen LogP contribution in [0.5, 0.6) is 0 Å². The summed E-state index contributed by atoms with van der Waals surface area (Å²) >= 11 is 1.71. The smallest absolute Gasteiger partial charge is 0.250 e. The lowest BCUT2D eigenvalue weighted by Crippen LogP contribution is -2.60. The van der Waals surface area contributed by atoms with Crippen molar-refractivity contribution in [2.24, 2.45) is 0 Å². The van der Waals surface area contributed by atoms with Gasteiger partial charge in [0.25, 0.3) is 0 Å². The second-order valence-electron chi connectivity index (χ2n) is 8.41. The highest BCUT2D eigenvalue weighted by Crippen LogP contribution is 2.39. The molecule has 2 aromatic carbocycles. The molecule has 1 fully saturated rings. The van der Waals surface area contributed by atoms with E-state index >= 15 is 0 Å². The number of amides is 2. The van der Waals surface area contributed by atoms with Gasteiger partial charge in [-0.05, 0) is 57.5 Å². The van der Waals surface area contributed by atoms with Gasteiger partial charge >= 0.3 is 0 Å². The Morgan fingerprint density at radius 3 is 2.80 bits per heavy atom. The molecule has 0 unspecified atom stereocenters. The van der Waals surface area contributed by atoms with E-state index in [0.29, 0.717) is 5.69 Å². The number of anilines is 2. The predicted octanol–water partition coefficient (Wildman–Crippen LogP) is 4.20. The lowest BCUT2D eigenvalue weighted by atomic mass is 9.96. The number of carbonyl (C=O) groups excluding carboxylic acids is 2. The molecule has 0 bridgehead atoms. The van der Waals surface area contributed by atoms with E-state index in [1.165, 1.54) is 4.70 Å². The first-order chi connectivity index (χ1) is 14.4. The van der Waals surface area contributed by atoms with E-state index in [4.69, 9.17) is 4.98 Å². The van der Waals surface area contributed by atoms with Crippen LogP contribution in [0.3, 0.4) is 0 Å². The monoisotopic (exact) mass is 420 g/mol. The molecule has 0 saturated carbocycles. The number of hydrogen-bond acceptors (Lipinski definition) is 5. The Morgan fingerprint density at radius 1 is 1.20 bits per heavy atom. The number of fused-ring (bicyclic) bond motifs is 2. The van der Waals surface area contributed by atoms with Crippen LogP contribution in [-0.2, 0) is 9.59 Å². The maximum Gasteiger partial charge on any atom is 0.250 e. The minimum absolute atomic E-state index is 0.0599. The third kappa shape index (κ3) is 3.09. The first-order valence-electron chi connectivity index (χ1n) is 10.3. The first-order valence-corrected chi connectivity index (χ1v) is 11.1. The number of thiazole rings is 1. The number of benzene rings is 2. The average Bonchev–Trinajstić information content (AvgIpc) is 3.34. The molecule has 0 radical (unpaired) electrons. The molecule has 7 heteroatoms. The molecular formula is C23H24N4O2S. The Kier molecular flexibility index (Phi) is 4.60. The number of hydrogen-bond donors (Lipinski definition) is 1.